The molecule has 0 bridgehead atoms. The fourth-order valence-electron chi connectivity index (χ4n) is 1.94. The molecule has 2 N–H and O–H groups in total. The summed E-state index contributed by atoms with van der Waals surface area (Å²) in [6.45, 7) is 0.592. The highest BCUT2D eigenvalue weighted by Gasteiger charge is 2.29. The number of morpholine rings is 1. The zero-order valence-corrected chi connectivity index (χ0v) is 9.91. The molecule has 1 atom stereocenters. The van der Waals surface area contributed by atoms with Gasteiger partial charge in [0.1, 0.15) is 11.5 Å². The number of hydrogen-bond acceptors (Lipinski definition) is 5. The van der Waals surface area contributed by atoms with Crippen molar-refractivity contribution in [2.75, 3.05) is 24.6 Å². The van der Waals surface area contributed by atoms with Gasteiger partial charge >= 0.3 is 0 Å². The minimum absolute atomic E-state index is 0.0691. The number of nitro benzene ring substituents is 1. The van der Waals surface area contributed by atoms with Gasteiger partial charge in [0, 0.05) is 18.7 Å². The maximum atomic E-state index is 13.2. The molecule has 0 aromatic heterocycles. The first kappa shape index (κ1) is 13.2. The van der Waals surface area contributed by atoms with Crippen molar-refractivity contribution in [2.24, 2.45) is 5.73 Å². The molecule has 1 aromatic carbocycles. The van der Waals surface area contributed by atoms with Crippen LogP contribution in [0.2, 0.25) is 0 Å². The molecule has 2 rings (SSSR count). The normalized spacial score (nSPS) is 19.2. The van der Waals surface area contributed by atoms with Crippen LogP contribution in [0.5, 0.6) is 0 Å². The molecule has 0 spiro atoms. The molecule has 0 aliphatic carbocycles. The fourth-order valence-corrected chi connectivity index (χ4v) is 1.94. The molecular formula is C11H12FN3O4. The molecular weight excluding hydrogens is 257 g/mol. The number of anilines is 1. The summed E-state index contributed by atoms with van der Waals surface area (Å²) < 4.78 is 18.4. The summed E-state index contributed by atoms with van der Waals surface area (Å²) >= 11 is 0. The number of ether oxygens (including phenoxy) is 1. The number of amides is 1. The lowest BCUT2D eigenvalue weighted by molar-refractivity contribution is -0.384. The molecule has 1 aliphatic rings. The van der Waals surface area contributed by atoms with Gasteiger partial charge in [0.25, 0.3) is 5.69 Å². The second kappa shape index (κ2) is 5.19. The summed E-state index contributed by atoms with van der Waals surface area (Å²) in [5.41, 5.74) is 5.05. The van der Waals surface area contributed by atoms with E-state index in [0.29, 0.717) is 6.54 Å². The number of hydrogen-bond donors (Lipinski definition) is 1. The van der Waals surface area contributed by atoms with E-state index < -0.39 is 22.8 Å². The monoisotopic (exact) mass is 269 g/mol. The Morgan fingerprint density at radius 3 is 2.95 bits per heavy atom. The molecule has 0 saturated carbocycles. The summed E-state index contributed by atoms with van der Waals surface area (Å²) in [5, 5.41) is 10.9. The second-order valence-corrected chi connectivity index (χ2v) is 4.10. The smallest absolute Gasteiger partial charge is 0.292 e. The molecule has 0 radical (unpaired) electrons. The van der Waals surface area contributed by atoms with E-state index in [9.17, 15) is 19.3 Å². The van der Waals surface area contributed by atoms with Crippen LogP contribution in [0, 0.1) is 15.9 Å². The van der Waals surface area contributed by atoms with E-state index in [4.69, 9.17) is 10.5 Å². The second-order valence-electron chi connectivity index (χ2n) is 4.10. The first-order valence-corrected chi connectivity index (χ1v) is 5.59. The molecule has 102 valence electrons. The van der Waals surface area contributed by atoms with Crippen LogP contribution in [0.1, 0.15) is 0 Å². The van der Waals surface area contributed by atoms with Gasteiger partial charge in [-0.25, -0.2) is 4.39 Å². The summed E-state index contributed by atoms with van der Waals surface area (Å²) in [6, 6.07) is 3.19. The number of carbonyl (C=O) groups excluding carboxylic acids is 1. The standard InChI is InChI=1S/C11H12FN3O4/c12-7-1-2-8(15(17)18)9(5-7)14-3-4-19-10(6-14)11(13)16/h1-2,5,10H,3-4,6H2,(H2,13,16). The minimum Gasteiger partial charge on any atom is -0.367 e. The van der Waals surface area contributed by atoms with Crippen LogP contribution < -0.4 is 10.6 Å². The van der Waals surface area contributed by atoms with Crippen molar-refractivity contribution in [3.63, 3.8) is 0 Å². The summed E-state index contributed by atoms with van der Waals surface area (Å²) in [4.78, 5) is 22.9. The number of nitrogens with zero attached hydrogens (tertiary/aromatic N) is 2. The molecule has 1 saturated heterocycles. The highest BCUT2D eigenvalue weighted by molar-refractivity contribution is 5.80. The van der Waals surface area contributed by atoms with Crippen LogP contribution in [-0.2, 0) is 9.53 Å². The van der Waals surface area contributed by atoms with E-state index in [2.05, 4.69) is 0 Å². The first-order chi connectivity index (χ1) is 8.99. The zero-order chi connectivity index (χ0) is 14.0. The molecule has 1 aromatic rings. The van der Waals surface area contributed by atoms with Gasteiger partial charge in [0.2, 0.25) is 5.91 Å². The van der Waals surface area contributed by atoms with Crippen LogP contribution in [0.4, 0.5) is 15.8 Å². The predicted octanol–water partition coefficient (Wildman–Crippen LogP) is 0.424. The summed E-state index contributed by atoms with van der Waals surface area (Å²) in [6.07, 6.45) is -0.850. The first-order valence-electron chi connectivity index (χ1n) is 5.59. The van der Waals surface area contributed by atoms with Crippen LogP contribution in [-0.4, -0.2) is 36.6 Å². The van der Waals surface area contributed by atoms with Crippen molar-refractivity contribution >= 4 is 17.3 Å². The Bertz CT molecular complexity index is 523. The quantitative estimate of drug-likeness (QED) is 0.633. The highest BCUT2D eigenvalue weighted by Crippen LogP contribution is 2.30. The maximum absolute atomic E-state index is 13.2. The third-order valence-electron chi connectivity index (χ3n) is 2.86. The molecule has 1 aliphatic heterocycles. The average Bonchev–Trinajstić information content (AvgIpc) is 2.38. The molecule has 19 heavy (non-hydrogen) atoms. The lowest BCUT2D eigenvalue weighted by atomic mass is 10.2. The van der Waals surface area contributed by atoms with Gasteiger partial charge in [-0.05, 0) is 6.07 Å². The van der Waals surface area contributed by atoms with E-state index >= 15 is 0 Å². The van der Waals surface area contributed by atoms with Crippen molar-refractivity contribution in [3.8, 4) is 0 Å². The largest absolute Gasteiger partial charge is 0.367 e. The van der Waals surface area contributed by atoms with Crippen LogP contribution in [0.25, 0.3) is 0 Å². The van der Waals surface area contributed by atoms with E-state index in [0.717, 1.165) is 18.2 Å². The molecule has 8 heteroatoms. The Kier molecular flexibility index (Phi) is 3.61. The minimum atomic E-state index is -0.850. The van der Waals surface area contributed by atoms with Gasteiger partial charge in [0.15, 0.2) is 6.10 Å². The molecule has 1 amide bonds. The highest BCUT2D eigenvalue weighted by atomic mass is 19.1. The van der Waals surface area contributed by atoms with Gasteiger partial charge in [-0.15, -0.1) is 0 Å². The van der Waals surface area contributed by atoms with Crippen molar-refractivity contribution in [2.45, 2.75) is 6.10 Å². The Morgan fingerprint density at radius 2 is 2.32 bits per heavy atom. The number of halogens is 1. The van der Waals surface area contributed by atoms with Gasteiger partial charge in [-0.3, -0.25) is 14.9 Å². The summed E-state index contributed by atoms with van der Waals surface area (Å²) in [7, 11) is 0. The summed E-state index contributed by atoms with van der Waals surface area (Å²) in [5.74, 6) is -1.23. The topological polar surface area (TPSA) is 98.7 Å². The number of nitrogens with two attached hydrogens (primary N) is 1. The van der Waals surface area contributed by atoms with Crippen molar-refractivity contribution < 1.29 is 18.8 Å². The van der Waals surface area contributed by atoms with E-state index in [1.807, 2.05) is 0 Å². The van der Waals surface area contributed by atoms with Gasteiger partial charge in [0.05, 0.1) is 18.1 Å². The van der Waals surface area contributed by atoms with E-state index in [1.165, 1.54) is 4.90 Å². The number of rotatable bonds is 3. The van der Waals surface area contributed by atoms with Crippen molar-refractivity contribution in [3.05, 3.63) is 34.1 Å². The Morgan fingerprint density at radius 1 is 1.58 bits per heavy atom. The van der Waals surface area contributed by atoms with Gasteiger partial charge in [-0.1, -0.05) is 0 Å². The Labute approximate surface area is 107 Å². The van der Waals surface area contributed by atoms with Gasteiger partial charge < -0.3 is 15.4 Å². The molecule has 1 heterocycles. The molecule has 7 nitrogen and oxygen atoms in total. The zero-order valence-electron chi connectivity index (χ0n) is 9.91. The van der Waals surface area contributed by atoms with Crippen molar-refractivity contribution in [1.29, 1.82) is 0 Å². The predicted molar refractivity (Wildman–Crippen MR) is 64.2 cm³/mol. The van der Waals surface area contributed by atoms with Gasteiger partial charge in [-0.2, -0.15) is 0 Å². The average molecular weight is 269 g/mol. The third kappa shape index (κ3) is 2.79. The lowest BCUT2D eigenvalue weighted by Gasteiger charge is -2.32. The Hall–Kier alpha value is -2.22. The molecule has 1 fully saturated rings. The number of nitro groups is 1. The van der Waals surface area contributed by atoms with Crippen LogP contribution in [0.15, 0.2) is 18.2 Å². The van der Waals surface area contributed by atoms with Crippen molar-refractivity contribution in [1.82, 2.24) is 0 Å². The number of benzene rings is 1. The lowest BCUT2D eigenvalue weighted by Crippen LogP contribution is -2.48. The van der Waals surface area contributed by atoms with Crippen LogP contribution >= 0.6 is 0 Å². The SMILES string of the molecule is NC(=O)C1CN(c2cc(F)ccc2[N+](=O)[O-])CCO1. The Balaban J connectivity index is 2.32. The van der Waals surface area contributed by atoms with Crippen LogP contribution in [0.3, 0.4) is 0 Å². The third-order valence-corrected chi connectivity index (χ3v) is 2.86. The molecule has 1 unspecified atom stereocenters. The van der Waals surface area contributed by atoms with E-state index in [1.54, 1.807) is 0 Å². The maximum Gasteiger partial charge on any atom is 0.292 e. The fraction of sp³-hybridized carbons (Fsp3) is 0.364. The number of primary amides is 1. The number of carbonyl (C=O) groups is 1. The van der Waals surface area contributed by atoms with E-state index in [-0.39, 0.29) is 24.5 Å².